The molecule has 0 aromatic heterocycles. The van der Waals surface area contributed by atoms with E-state index >= 15 is 0 Å². The van der Waals surface area contributed by atoms with E-state index in [-0.39, 0.29) is 23.4 Å². The fraction of sp³-hybridized carbons (Fsp3) is 0.375. The summed E-state index contributed by atoms with van der Waals surface area (Å²) in [6.45, 7) is 2.03. The maximum absolute atomic E-state index is 14.5. The van der Waals surface area contributed by atoms with Crippen LogP contribution < -0.4 is 0 Å². The van der Waals surface area contributed by atoms with Gasteiger partial charge in [0.05, 0.1) is 5.57 Å². The number of aliphatic hydroxyl groups is 1. The number of halogens is 2. The second-order valence-electron chi connectivity index (χ2n) is 8.36. The summed E-state index contributed by atoms with van der Waals surface area (Å²) in [7, 11) is 0. The minimum Gasteiger partial charge on any atom is -0.511 e. The van der Waals surface area contributed by atoms with Crippen molar-refractivity contribution in [1.29, 1.82) is 0 Å². The van der Waals surface area contributed by atoms with Crippen LogP contribution in [0.1, 0.15) is 37.3 Å². The van der Waals surface area contributed by atoms with E-state index in [1.165, 1.54) is 6.07 Å². The minimum atomic E-state index is -0.395. The third-order valence-corrected chi connectivity index (χ3v) is 7.27. The second-order valence-corrected chi connectivity index (χ2v) is 8.80. The van der Waals surface area contributed by atoms with E-state index in [4.69, 9.17) is 11.6 Å². The number of fused-ring (bicyclic) bond motifs is 5. The highest BCUT2D eigenvalue weighted by atomic mass is 35.5. The smallest absolute Gasteiger partial charge is 0.170 e. The Morgan fingerprint density at radius 2 is 1.82 bits per heavy atom. The number of Topliss-reactive ketones (excluding diaryl/α,β-unsaturated/α-hetero) is 1. The van der Waals surface area contributed by atoms with Gasteiger partial charge in [0, 0.05) is 22.4 Å². The fourth-order valence-electron chi connectivity index (χ4n) is 5.80. The van der Waals surface area contributed by atoms with Crippen LogP contribution in [0.4, 0.5) is 4.39 Å². The molecule has 0 spiro atoms. The zero-order chi connectivity index (χ0) is 19.6. The van der Waals surface area contributed by atoms with Gasteiger partial charge in [0.2, 0.25) is 0 Å². The van der Waals surface area contributed by atoms with E-state index in [1.54, 1.807) is 12.1 Å². The molecule has 4 heteroatoms. The van der Waals surface area contributed by atoms with Gasteiger partial charge in [-0.3, -0.25) is 4.79 Å². The summed E-state index contributed by atoms with van der Waals surface area (Å²) in [4.78, 5) is 13.3. The van der Waals surface area contributed by atoms with Gasteiger partial charge in [-0.05, 0) is 78.5 Å². The first kappa shape index (κ1) is 17.9. The molecule has 28 heavy (non-hydrogen) atoms. The molecular weight excluding hydrogens is 375 g/mol. The summed E-state index contributed by atoms with van der Waals surface area (Å²) in [5.74, 6) is 0.719. The number of allylic oxidation sites excluding steroid dienone is 2. The molecule has 144 valence electrons. The molecule has 3 aliphatic rings. The number of carbonyl (C=O) groups is 1. The normalized spacial score (nSPS) is 28.3. The Bertz CT molecular complexity index is 1030. The maximum Gasteiger partial charge on any atom is 0.170 e. The average molecular weight is 397 g/mol. The molecule has 0 aliphatic heterocycles. The third kappa shape index (κ3) is 2.49. The van der Waals surface area contributed by atoms with Crippen molar-refractivity contribution in [3.63, 3.8) is 0 Å². The molecule has 2 bridgehead atoms. The summed E-state index contributed by atoms with van der Waals surface area (Å²) in [5, 5.41) is 11.4. The van der Waals surface area contributed by atoms with E-state index in [1.807, 2.05) is 25.1 Å². The average Bonchev–Trinajstić information content (AvgIpc) is 3.35. The van der Waals surface area contributed by atoms with Gasteiger partial charge in [0.25, 0.3) is 0 Å². The molecule has 2 nitrogen and oxygen atoms in total. The Hall–Kier alpha value is -2.13. The van der Waals surface area contributed by atoms with Crippen LogP contribution in [0.25, 0.3) is 16.7 Å². The fourth-order valence-corrected chi connectivity index (χ4v) is 5.96. The molecular formula is C24H22ClFO2. The van der Waals surface area contributed by atoms with Gasteiger partial charge in [0.1, 0.15) is 11.6 Å². The standard InChI is InChI=1S/C24H22ClFO2/c1-2-12-3-4-13(17-8-7-16(25)11-19(17)26)10-18(12)22-23(27)20-14-5-6-15(9-14)21(20)24(22)28/h3-4,7-8,10-11,14-15,20-21,27H,2,5-6,9H2,1H3/t14-,15+,20-,21+/m1/s1. The van der Waals surface area contributed by atoms with Gasteiger partial charge in [-0.15, -0.1) is 0 Å². The first-order chi connectivity index (χ1) is 13.5. The number of aryl methyl sites for hydroxylation is 1. The van der Waals surface area contributed by atoms with Crippen molar-refractivity contribution in [2.75, 3.05) is 0 Å². The Balaban J connectivity index is 1.64. The highest BCUT2D eigenvalue weighted by Crippen LogP contribution is 2.60. The Morgan fingerprint density at radius 1 is 1.07 bits per heavy atom. The maximum atomic E-state index is 14.5. The summed E-state index contributed by atoms with van der Waals surface area (Å²) >= 11 is 5.89. The predicted octanol–water partition coefficient (Wildman–Crippen LogP) is 6.22. The van der Waals surface area contributed by atoms with Crippen molar-refractivity contribution in [3.8, 4) is 11.1 Å². The molecule has 4 atom stereocenters. The van der Waals surface area contributed by atoms with Crippen LogP contribution in [-0.2, 0) is 11.2 Å². The first-order valence-electron chi connectivity index (χ1n) is 10.1. The van der Waals surface area contributed by atoms with Gasteiger partial charge in [-0.25, -0.2) is 4.39 Å². The molecule has 0 heterocycles. The van der Waals surface area contributed by atoms with E-state index < -0.39 is 5.82 Å². The lowest BCUT2D eigenvalue weighted by Gasteiger charge is -2.23. The first-order valence-corrected chi connectivity index (χ1v) is 10.4. The topological polar surface area (TPSA) is 37.3 Å². The molecule has 3 aliphatic carbocycles. The number of aliphatic hydroxyl groups excluding tert-OH is 1. The second kappa shape index (κ2) is 6.45. The molecule has 2 aromatic carbocycles. The van der Waals surface area contributed by atoms with Crippen molar-refractivity contribution in [2.45, 2.75) is 32.6 Å². The zero-order valence-corrected chi connectivity index (χ0v) is 16.5. The molecule has 2 saturated carbocycles. The van der Waals surface area contributed by atoms with Crippen molar-refractivity contribution < 1.29 is 14.3 Å². The lowest BCUT2D eigenvalue weighted by molar-refractivity contribution is -0.118. The van der Waals surface area contributed by atoms with E-state index in [2.05, 4.69) is 0 Å². The molecule has 1 N–H and O–H groups in total. The summed E-state index contributed by atoms with van der Waals surface area (Å²) in [6, 6.07) is 10.3. The molecule has 0 radical (unpaired) electrons. The van der Waals surface area contributed by atoms with Gasteiger partial charge in [0.15, 0.2) is 5.78 Å². The van der Waals surface area contributed by atoms with Crippen LogP contribution >= 0.6 is 11.6 Å². The molecule has 2 aromatic rings. The van der Waals surface area contributed by atoms with E-state index in [0.717, 1.165) is 36.8 Å². The highest BCUT2D eigenvalue weighted by Gasteiger charge is 2.57. The molecule has 0 unspecified atom stereocenters. The van der Waals surface area contributed by atoms with Crippen molar-refractivity contribution in [1.82, 2.24) is 0 Å². The lowest BCUT2D eigenvalue weighted by atomic mass is 9.80. The Morgan fingerprint density at radius 3 is 2.50 bits per heavy atom. The molecule has 0 amide bonds. The van der Waals surface area contributed by atoms with Crippen LogP contribution in [0.3, 0.4) is 0 Å². The number of hydrogen-bond donors (Lipinski definition) is 1. The van der Waals surface area contributed by atoms with E-state index in [9.17, 15) is 14.3 Å². The number of ketones is 1. The quantitative estimate of drug-likeness (QED) is 0.668. The minimum absolute atomic E-state index is 0.0121. The molecule has 2 fully saturated rings. The number of hydrogen-bond acceptors (Lipinski definition) is 2. The number of carbonyl (C=O) groups excluding carboxylic acids is 1. The summed E-state index contributed by atoms with van der Waals surface area (Å²) in [5.41, 5.74) is 3.36. The Labute approximate surface area is 169 Å². The van der Waals surface area contributed by atoms with Crippen LogP contribution in [0, 0.1) is 29.5 Å². The third-order valence-electron chi connectivity index (χ3n) is 7.04. The van der Waals surface area contributed by atoms with Crippen LogP contribution in [-0.4, -0.2) is 10.9 Å². The monoisotopic (exact) mass is 396 g/mol. The molecule has 5 rings (SSSR count). The zero-order valence-electron chi connectivity index (χ0n) is 15.7. The van der Waals surface area contributed by atoms with Crippen molar-refractivity contribution in [3.05, 3.63) is 64.1 Å². The van der Waals surface area contributed by atoms with Crippen molar-refractivity contribution in [2.24, 2.45) is 23.7 Å². The van der Waals surface area contributed by atoms with Gasteiger partial charge < -0.3 is 5.11 Å². The number of rotatable bonds is 3. The van der Waals surface area contributed by atoms with Gasteiger partial charge in [-0.2, -0.15) is 0 Å². The van der Waals surface area contributed by atoms with Crippen LogP contribution in [0.5, 0.6) is 0 Å². The van der Waals surface area contributed by atoms with Crippen molar-refractivity contribution >= 4 is 23.0 Å². The number of benzene rings is 2. The van der Waals surface area contributed by atoms with Gasteiger partial charge >= 0.3 is 0 Å². The SMILES string of the molecule is CCc1ccc(-c2ccc(Cl)cc2F)cc1C1=C(O)[C@@H]2[C@@H]3CC[C@@H](C3)[C@@H]2C1=O. The largest absolute Gasteiger partial charge is 0.511 e. The highest BCUT2D eigenvalue weighted by molar-refractivity contribution is 6.30. The molecule has 0 saturated heterocycles. The van der Waals surface area contributed by atoms with Crippen LogP contribution in [0.15, 0.2) is 42.2 Å². The van der Waals surface area contributed by atoms with E-state index in [0.29, 0.717) is 33.6 Å². The summed E-state index contributed by atoms with van der Waals surface area (Å²) in [6.07, 6.45) is 4.00. The Kier molecular flexibility index (Phi) is 4.13. The summed E-state index contributed by atoms with van der Waals surface area (Å²) < 4.78 is 14.5. The van der Waals surface area contributed by atoms with Gasteiger partial charge in [-0.1, -0.05) is 30.7 Å². The van der Waals surface area contributed by atoms with Crippen LogP contribution in [0.2, 0.25) is 5.02 Å². The lowest BCUT2D eigenvalue weighted by Crippen LogP contribution is -2.24. The predicted molar refractivity (Wildman–Crippen MR) is 109 cm³/mol.